The number of terminal acetylenes is 1. The predicted octanol–water partition coefficient (Wildman–Crippen LogP) is 9.64. The van der Waals surface area contributed by atoms with E-state index in [2.05, 4.69) is 86.1 Å². The Labute approximate surface area is 385 Å². The van der Waals surface area contributed by atoms with E-state index in [4.69, 9.17) is 15.6 Å². The van der Waals surface area contributed by atoms with E-state index in [1.165, 1.54) is 24.3 Å². The van der Waals surface area contributed by atoms with E-state index in [9.17, 15) is 23.2 Å². The van der Waals surface area contributed by atoms with Gasteiger partial charge >= 0.3 is 0 Å². The van der Waals surface area contributed by atoms with Gasteiger partial charge in [-0.1, -0.05) is 66.6 Å². The molecule has 63 heavy (non-hydrogen) atoms. The largest absolute Gasteiger partial charge is 0.356 e. The normalized spacial score (nSPS) is 17.1. The topological polar surface area (TPSA) is 116 Å². The summed E-state index contributed by atoms with van der Waals surface area (Å²) in [5.74, 6) is 11.5. The van der Waals surface area contributed by atoms with Gasteiger partial charge in [-0.3, -0.25) is 23.5 Å². The molecule has 3 unspecified atom stereocenters. The number of rotatable bonds is 0. The summed E-state index contributed by atoms with van der Waals surface area (Å²) in [5, 5.41) is 4.11. The zero-order valence-electron chi connectivity index (χ0n) is 35.0. The highest BCUT2D eigenvalue weighted by Gasteiger charge is 2.20. The van der Waals surface area contributed by atoms with E-state index in [1.54, 1.807) is 34.9 Å². The number of aromatic nitrogens is 4. The molecule has 3 aliphatic rings. The van der Waals surface area contributed by atoms with Crippen LogP contribution < -0.4 is 16.4 Å². The summed E-state index contributed by atoms with van der Waals surface area (Å²) in [5.41, 5.74) is 3.56. The first-order valence-electron chi connectivity index (χ1n) is 20.3. The lowest BCUT2D eigenvalue weighted by Gasteiger charge is -2.22. The second-order valence-corrected chi connectivity index (χ2v) is 19.0. The molecule has 15 heteroatoms. The summed E-state index contributed by atoms with van der Waals surface area (Å²) >= 11 is 3.42. The molecule has 3 aliphatic heterocycles. The number of nitrogens with zero attached hydrogens (tertiary/aromatic N) is 4. The maximum absolute atomic E-state index is 13.2. The Kier molecular flexibility index (Phi) is 18.2. The Balaban J connectivity index is 0.000000169. The van der Waals surface area contributed by atoms with Crippen LogP contribution in [-0.4, -0.2) is 35.8 Å². The number of hydrogen-bond acceptors (Lipinski definition) is 6. The molecule has 0 saturated carbocycles. The molecule has 1 saturated heterocycles. The van der Waals surface area contributed by atoms with Crippen LogP contribution in [0.1, 0.15) is 74.8 Å². The maximum atomic E-state index is 13.2. The van der Waals surface area contributed by atoms with E-state index in [0.29, 0.717) is 45.2 Å². The average molecular weight is 978 g/mol. The van der Waals surface area contributed by atoms with Gasteiger partial charge < -0.3 is 5.32 Å². The van der Waals surface area contributed by atoms with Crippen molar-refractivity contribution in [2.75, 3.05) is 6.54 Å². The lowest BCUT2D eigenvalue weighted by Crippen LogP contribution is -2.32. The first kappa shape index (κ1) is 48.8. The standard InChI is InChI=1S/C21H17FN2O.C13H13BrN2O.C8H5F.C6H11NO.Cl2OS/c1-14-9-10-24-20(11-14)23-19-13-16(7-8-18(19)21(24)25)6-5-15-3-2-4-17(22)12-15;1-8-4-5-16-12(6-8)15-11-7-9(14)2-3-10(11)13(16)17;1-2-7-4-3-5-8(9)6-7;1-5-2-3-7-6(8)4-5;1-4(2)3/h2-4,7-8,12-14H,9-11H2,1H3;2-3,7-8H,4-6H2,1H3;1,3-6H;5H,2-4H2,1H3,(H,7,8);. The second kappa shape index (κ2) is 23.5. The van der Waals surface area contributed by atoms with Crippen molar-refractivity contribution in [3.8, 4) is 24.2 Å². The molecule has 0 aliphatic carbocycles. The lowest BCUT2D eigenvalue weighted by molar-refractivity contribution is -0.123. The number of amides is 1. The first-order valence-corrected chi connectivity index (χ1v) is 23.9. The summed E-state index contributed by atoms with van der Waals surface area (Å²) in [7, 11) is 7.36. The Morgan fingerprint density at radius 3 is 1.65 bits per heavy atom. The Morgan fingerprint density at radius 2 is 1.17 bits per heavy atom. The van der Waals surface area contributed by atoms with E-state index in [0.717, 1.165) is 85.4 Å². The van der Waals surface area contributed by atoms with Crippen LogP contribution in [0.5, 0.6) is 0 Å². The fourth-order valence-corrected chi connectivity index (χ4v) is 7.47. The Morgan fingerprint density at radius 1 is 0.698 bits per heavy atom. The molecule has 0 radical (unpaired) electrons. The van der Waals surface area contributed by atoms with Gasteiger partial charge in [0, 0.05) is 81.4 Å². The molecule has 1 amide bonds. The molecule has 6 aromatic rings. The third-order valence-corrected chi connectivity index (χ3v) is 10.9. The van der Waals surface area contributed by atoms with Gasteiger partial charge in [0.05, 0.1) is 21.8 Å². The van der Waals surface area contributed by atoms with Crippen molar-refractivity contribution in [1.29, 1.82) is 0 Å². The van der Waals surface area contributed by atoms with E-state index >= 15 is 0 Å². The molecule has 5 heterocycles. The number of piperidine rings is 1. The van der Waals surface area contributed by atoms with Gasteiger partial charge in [-0.15, -0.1) is 6.42 Å². The quantitative estimate of drug-likeness (QED) is 0.120. The molecule has 0 bridgehead atoms. The molecule has 1 N–H and O–H groups in total. The van der Waals surface area contributed by atoms with Crippen molar-refractivity contribution in [3.05, 3.63) is 150 Å². The third kappa shape index (κ3) is 14.7. The van der Waals surface area contributed by atoms with Crippen LogP contribution in [0.4, 0.5) is 8.78 Å². The van der Waals surface area contributed by atoms with E-state index in [-0.39, 0.29) is 28.7 Å². The van der Waals surface area contributed by atoms with Crippen LogP contribution in [0.25, 0.3) is 21.8 Å². The summed E-state index contributed by atoms with van der Waals surface area (Å²) in [6, 6.07) is 23.2. The first-order chi connectivity index (χ1) is 30.1. The van der Waals surface area contributed by atoms with Crippen LogP contribution in [0, 0.1) is 53.6 Å². The van der Waals surface area contributed by atoms with Crippen molar-refractivity contribution in [2.45, 2.75) is 72.4 Å². The Hall–Kier alpha value is -5.18. The van der Waals surface area contributed by atoms with Crippen molar-refractivity contribution < 1.29 is 17.8 Å². The molecule has 9 nitrogen and oxygen atoms in total. The summed E-state index contributed by atoms with van der Waals surface area (Å²) in [6.45, 7) is 8.91. The highest BCUT2D eigenvalue weighted by Crippen LogP contribution is 2.22. The van der Waals surface area contributed by atoms with E-state index in [1.807, 2.05) is 34.9 Å². The van der Waals surface area contributed by atoms with Crippen LogP contribution in [0.3, 0.4) is 0 Å². The van der Waals surface area contributed by atoms with Gasteiger partial charge in [0.25, 0.3) is 11.1 Å². The number of halogens is 5. The minimum Gasteiger partial charge on any atom is -0.356 e. The summed E-state index contributed by atoms with van der Waals surface area (Å²) < 4.78 is 39.2. The number of carbonyl (C=O) groups excluding carboxylic acids is 1. The number of nitrogens with one attached hydrogen (secondary N) is 1. The maximum Gasteiger partial charge on any atom is 0.261 e. The molecule has 9 rings (SSSR count). The molecular weight excluding hydrogens is 931 g/mol. The highest BCUT2D eigenvalue weighted by molar-refractivity contribution is 9.10. The van der Waals surface area contributed by atoms with Gasteiger partial charge in [-0.25, -0.2) is 23.0 Å². The third-order valence-electron chi connectivity index (χ3n) is 10.4. The fourth-order valence-electron chi connectivity index (χ4n) is 7.12. The molecular formula is C48H46BrCl2F2N5O4S. The molecule has 3 atom stereocenters. The smallest absolute Gasteiger partial charge is 0.261 e. The number of hydrogen-bond donors (Lipinski definition) is 1. The van der Waals surface area contributed by atoms with Gasteiger partial charge in [0.2, 0.25) is 15.1 Å². The molecule has 2 aromatic heterocycles. The van der Waals surface area contributed by atoms with Crippen LogP contribution in [0.2, 0.25) is 0 Å². The lowest BCUT2D eigenvalue weighted by atomic mass is 9.99. The molecule has 1 fully saturated rings. The second-order valence-electron chi connectivity index (χ2n) is 15.6. The Bertz CT molecular complexity index is 2850. The SMILES string of the molecule is C#Cc1cccc(F)c1.CC1CCNC(=O)C1.CC1CCn2c(nc3cc(Br)ccc3c2=O)C1.CC1CCn2c(nc3cc(C#Cc4cccc(F)c4)ccc3c2=O)C1.O=S(Cl)Cl. The predicted molar refractivity (Wildman–Crippen MR) is 253 cm³/mol. The van der Waals surface area contributed by atoms with Crippen LogP contribution in [0.15, 0.2) is 99.0 Å². The molecule has 0 spiro atoms. The number of carbonyl (C=O) groups is 1. The van der Waals surface area contributed by atoms with E-state index < -0.39 is 9.23 Å². The highest BCUT2D eigenvalue weighted by atomic mass is 79.9. The number of benzene rings is 4. The van der Waals surface area contributed by atoms with Crippen molar-refractivity contribution in [3.63, 3.8) is 0 Å². The minimum atomic E-state index is -1.67. The average Bonchev–Trinajstić information content (AvgIpc) is 3.23. The van der Waals surface area contributed by atoms with Gasteiger partial charge in [0.1, 0.15) is 23.3 Å². The zero-order valence-corrected chi connectivity index (χ0v) is 38.9. The number of fused-ring (bicyclic) bond motifs is 4. The van der Waals surface area contributed by atoms with Crippen molar-refractivity contribution in [1.82, 2.24) is 24.4 Å². The molecule has 328 valence electrons. The van der Waals surface area contributed by atoms with Crippen molar-refractivity contribution >= 4 is 74.2 Å². The summed E-state index contributed by atoms with van der Waals surface area (Å²) in [4.78, 5) is 44.8. The van der Waals surface area contributed by atoms with Crippen LogP contribution in [-0.2, 0) is 40.0 Å². The van der Waals surface area contributed by atoms with Crippen molar-refractivity contribution in [2.24, 2.45) is 17.8 Å². The monoisotopic (exact) mass is 975 g/mol. The summed E-state index contributed by atoms with van der Waals surface area (Å²) in [6.07, 6.45) is 10.7. The van der Waals surface area contributed by atoms with Crippen LogP contribution >= 0.6 is 37.3 Å². The minimum absolute atomic E-state index is 0.0246. The zero-order chi connectivity index (χ0) is 45.6. The van der Waals surface area contributed by atoms with Gasteiger partial charge in [-0.2, -0.15) is 0 Å². The fraction of sp³-hybridized carbons (Fsp3) is 0.312. The van der Waals surface area contributed by atoms with Gasteiger partial charge in [-0.05, 0) is 110 Å². The molecule has 4 aromatic carbocycles. The van der Waals surface area contributed by atoms with Gasteiger partial charge in [0.15, 0.2) is 0 Å².